The Labute approximate surface area is 152 Å². The van der Waals surface area contributed by atoms with Crippen LogP contribution >= 0.6 is 0 Å². The summed E-state index contributed by atoms with van der Waals surface area (Å²) in [7, 11) is 0. The summed E-state index contributed by atoms with van der Waals surface area (Å²) in [5.41, 5.74) is 2.27. The lowest BCUT2D eigenvalue weighted by Gasteiger charge is -2.29. The molecule has 2 heterocycles. The Kier molecular flexibility index (Phi) is 5.49. The summed E-state index contributed by atoms with van der Waals surface area (Å²) in [5.74, 6) is -0.734. The average Bonchev–Trinajstić information content (AvgIpc) is 2.93. The van der Waals surface area contributed by atoms with Gasteiger partial charge in [-0.25, -0.2) is 0 Å². The Hall–Kier alpha value is -2.50. The summed E-state index contributed by atoms with van der Waals surface area (Å²) >= 11 is 0. The lowest BCUT2D eigenvalue weighted by atomic mass is 9.97. The maximum absolute atomic E-state index is 12.7. The fourth-order valence-corrected chi connectivity index (χ4v) is 3.69. The van der Waals surface area contributed by atoms with Crippen LogP contribution in [0.5, 0.6) is 0 Å². The highest BCUT2D eigenvalue weighted by atomic mass is 16.2. The number of hydrogen-bond acceptors (Lipinski definition) is 4. The van der Waals surface area contributed by atoms with Crippen LogP contribution in [0, 0.1) is 0 Å². The number of hydrogen-bond donors (Lipinski definition) is 1. The summed E-state index contributed by atoms with van der Waals surface area (Å²) in [6.07, 6.45) is 4.47. The van der Waals surface area contributed by atoms with Gasteiger partial charge in [0.2, 0.25) is 11.8 Å². The molecule has 1 aromatic carbocycles. The molecule has 0 spiro atoms. The molecule has 6 nitrogen and oxygen atoms in total. The number of fused-ring (bicyclic) bond motifs is 1. The zero-order valence-electron chi connectivity index (χ0n) is 15.0. The zero-order valence-corrected chi connectivity index (χ0v) is 15.0. The van der Waals surface area contributed by atoms with Gasteiger partial charge in [-0.3, -0.25) is 24.5 Å². The minimum atomic E-state index is -0.624. The van der Waals surface area contributed by atoms with Crippen LogP contribution in [0.4, 0.5) is 0 Å². The molecule has 26 heavy (non-hydrogen) atoms. The Balaban J connectivity index is 1.74. The largest absolute Gasteiger partial charge is 0.322 e. The van der Waals surface area contributed by atoms with Gasteiger partial charge in [-0.2, -0.15) is 0 Å². The minimum Gasteiger partial charge on any atom is -0.322 e. The molecule has 6 heteroatoms. The third kappa shape index (κ3) is 3.69. The summed E-state index contributed by atoms with van der Waals surface area (Å²) in [5, 5.41) is 2.30. The zero-order chi connectivity index (χ0) is 18.7. The number of nitrogens with zero attached hydrogens (tertiary/aromatic N) is 1. The van der Waals surface area contributed by atoms with E-state index in [1.165, 1.54) is 4.90 Å². The van der Waals surface area contributed by atoms with Crippen molar-refractivity contribution in [1.82, 2.24) is 10.2 Å². The number of Topliss-reactive ketones (excluding diaryl/α,β-unsaturated/α-hetero) is 1. The number of benzene rings is 1. The molecule has 0 aromatic heterocycles. The first-order chi connectivity index (χ1) is 12.5. The fraction of sp³-hybridized carbons (Fsp3) is 0.500. The van der Waals surface area contributed by atoms with Crippen molar-refractivity contribution in [2.75, 3.05) is 0 Å². The minimum absolute atomic E-state index is 0.179. The average molecular weight is 356 g/mol. The SMILES string of the molecule is CCCCCC(=O)Cc1cccc2c1CN(C1CCC(=O)NC1=O)C2=O. The number of carbonyl (C=O) groups excluding carboxylic acids is 4. The molecule has 1 N–H and O–H groups in total. The van der Waals surface area contributed by atoms with Crippen LogP contribution in [-0.2, 0) is 27.3 Å². The molecule has 1 saturated heterocycles. The number of amides is 3. The van der Waals surface area contributed by atoms with Crippen molar-refractivity contribution in [3.05, 3.63) is 34.9 Å². The van der Waals surface area contributed by atoms with E-state index >= 15 is 0 Å². The molecule has 2 aliphatic heterocycles. The van der Waals surface area contributed by atoms with Crippen LogP contribution in [0.25, 0.3) is 0 Å². The number of piperidine rings is 1. The second-order valence-corrected chi connectivity index (χ2v) is 7.02. The van der Waals surface area contributed by atoms with Gasteiger partial charge in [-0.05, 0) is 30.0 Å². The number of carbonyl (C=O) groups is 4. The van der Waals surface area contributed by atoms with Crippen molar-refractivity contribution < 1.29 is 19.2 Å². The summed E-state index contributed by atoms with van der Waals surface area (Å²) < 4.78 is 0. The first kappa shape index (κ1) is 18.3. The number of unbranched alkanes of at least 4 members (excludes halogenated alkanes) is 2. The molecule has 138 valence electrons. The number of ketones is 1. The van der Waals surface area contributed by atoms with E-state index in [9.17, 15) is 19.2 Å². The lowest BCUT2D eigenvalue weighted by Crippen LogP contribution is -2.52. The van der Waals surface area contributed by atoms with Gasteiger partial charge >= 0.3 is 0 Å². The maximum atomic E-state index is 12.7. The third-order valence-electron chi connectivity index (χ3n) is 5.13. The molecular weight excluding hydrogens is 332 g/mol. The number of rotatable bonds is 7. The molecule has 1 fully saturated rings. The highest BCUT2D eigenvalue weighted by Gasteiger charge is 2.39. The van der Waals surface area contributed by atoms with Crippen molar-refractivity contribution >= 4 is 23.5 Å². The lowest BCUT2D eigenvalue weighted by molar-refractivity contribution is -0.137. The summed E-state index contributed by atoms with van der Waals surface area (Å²) in [6, 6.07) is 4.80. The Morgan fingerprint density at radius 3 is 2.77 bits per heavy atom. The molecule has 3 amide bonds. The van der Waals surface area contributed by atoms with Crippen molar-refractivity contribution in [3.63, 3.8) is 0 Å². The van der Waals surface area contributed by atoms with Crippen molar-refractivity contribution in [1.29, 1.82) is 0 Å². The second kappa shape index (κ2) is 7.81. The van der Waals surface area contributed by atoms with Gasteiger partial charge in [0.1, 0.15) is 11.8 Å². The molecule has 3 rings (SSSR count). The van der Waals surface area contributed by atoms with Gasteiger partial charge in [-0.1, -0.05) is 31.9 Å². The van der Waals surface area contributed by atoms with E-state index in [-0.39, 0.29) is 24.0 Å². The molecule has 1 atom stereocenters. The molecular formula is C20H24N2O4. The normalized spacial score (nSPS) is 19.5. The van der Waals surface area contributed by atoms with E-state index in [1.807, 2.05) is 6.07 Å². The molecule has 0 bridgehead atoms. The molecule has 1 aromatic rings. The van der Waals surface area contributed by atoms with E-state index in [1.54, 1.807) is 12.1 Å². The Morgan fingerprint density at radius 2 is 2.04 bits per heavy atom. The van der Waals surface area contributed by atoms with Gasteiger partial charge in [0.15, 0.2) is 0 Å². The summed E-state index contributed by atoms with van der Waals surface area (Å²) in [4.78, 5) is 50.0. The number of nitrogens with one attached hydrogen (secondary N) is 1. The van der Waals surface area contributed by atoms with Gasteiger partial charge < -0.3 is 4.90 Å². The van der Waals surface area contributed by atoms with E-state index in [2.05, 4.69) is 12.2 Å². The molecule has 1 unspecified atom stereocenters. The maximum Gasteiger partial charge on any atom is 0.255 e. The van der Waals surface area contributed by atoms with Crippen molar-refractivity contribution in [2.24, 2.45) is 0 Å². The smallest absolute Gasteiger partial charge is 0.255 e. The molecule has 0 radical (unpaired) electrons. The topological polar surface area (TPSA) is 83.6 Å². The van der Waals surface area contributed by atoms with E-state index in [0.717, 1.165) is 30.4 Å². The van der Waals surface area contributed by atoms with Crippen LogP contribution in [0.2, 0.25) is 0 Å². The Bertz CT molecular complexity index is 756. The van der Waals surface area contributed by atoms with Crippen LogP contribution in [-0.4, -0.2) is 34.4 Å². The van der Waals surface area contributed by atoms with E-state index in [4.69, 9.17) is 0 Å². The van der Waals surface area contributed by atoms with Gasteiger partial charge in [0.05, 0.1) is 0 Å². The third-order valence-corrected chi connectivity index (χ3v) is 5.13. The molecule has 0 aliphatic carbocycles. The highest BCUT2D eigenvalue weighted by Crippen LogP contribution is 2.30. The molecule has 0 saturated carbocycles. The highest BCUT2D eigenvalue weighted by molar-refractivity contribution is 6.05. The Morgan fingerprint density at radius 1 is 1.23 bits per heavy atom. The van der Waals surface area contributed by atoms with E-state index < -0.39 is 11.9 Å². The molecule has 2 aliphatic rings. The first-order valence-electron chi connectivity index (χ1n) is 9.28. The van der Waals surface area contributed by atoms with Crippen LogP contribution in [0.1, 0.15) is 66.9 Å². The van der Waals surface area contributed by atoms with Crippen molar-refractivity contribution in [2.45, 2.75) is 64.5 Å². The second-order valence-electron chi connectivity index (χ2n) is 7.02. The van der Waals surface area contributed by atoms with E-state index in [0.29, 0.717) is 31.4 Å². The van der Waals surface area contributed by atoms with Gasteiger partial charge in [0, 0.05) is 31.4 Å². The predicted octanol–water partition coefficient (Wildman–Crippen LogP) is 2.14. The summed E-state index contributed by atoms with van der Waals surface area (Å²) in [6.45, 7) is 2.42. The fourth-order valence-electron chi connectivity index (χ4n) is 3.69. The number of imide groups is 1. The van der Waals surface area contributed by atoms with Crippen LogP contribution < -0.4 is 5.32 Å². The standard InChI is InChI=1S/C20H24N2O4/c1-2-3-4-7-14(23)11-13-6-5-8-15-16(13)12-22(20(15)26)17-9-10-18(24)21-19(17)25/h5-6,8,17H,2-4,7,9-12H2,1H3,(H,21,24,25). The van der Waals surface area contributed by atoms with Crippen molar-refractivity contribution in [3.8, 4) is 0 Å². The van der Waals surface area contributed by atoms with Gasteiger partial charge in [0.25, 0.3) is 5.91 Å². The van der Waals surface area contributed by atoms with Crippen LogP contribution in [0.3, 0.4) is 0 Å². The quantitative estimate of drug-likeness (QED) is 0.599. The monoisotopic (exact) mass is 356 g/mol. The van der Waals surface area contributed by atoms with Gasteiger partial charge in [-0.15, -0.1) is 0 Å². The predicted molar refractivity (Wildman–Crippen MR) is 95.3 cm³/mol. The van der Waals surface area contributed by atoms with Crippen LogP contribution in [0.15, 0.2) is 18.2 Å². The first-order valence-corrected chi connectivity index (χ1v) is 9.28.